The molecular weight excluding hydrogens is 306 g/mol. The van der Waals surface area contributed by atoms with Crippen molar-refractivity contribution in [3.05, 3.63) is 22.4 Å². The molecule has 1 fully saturated rings. The lowest BCUT2D eigenvalue weighted by molar-refractivity contribution is 0.109. The van der Waals surface area contributed by atoms with Gasteiger partial charge in [0.2, 0.25) is 0 Å². The Hall–Kier alpha value is -0.750. The quantitative estimate of drug-likeness (QED) is 0.729. The van der Waals surface area contributed by atoms with E-state index in [1.807, 2.05) is 11.4 Å². The van der Waals surface area contributed by atoms with Crippen LogP contribution in [0, 0.1) is 5.92 Å². The maximum absolute atomic E-state index is 6.26. The van der Waals surface area contributed by atoms with E-state index in [1.54, 1.807) is 18.4 Å². The number of thiophene rings is 1. The normalized spacial score (nSPS) is 16.8. The zero-order valence-corrected chi connectivity index (χ0v) is 14.0. The number of rotatable bonds is 7. The highest BCUT2D eigenvalue weighted by Gasteiger charge is 2.32. The Bertz CT molecular complexity index is 614. The molecule has 0 saturated heterocycles. The molecule has 2 aromatic heterocycles. The first-order valence-corrected chi connectivity index (χ1v) is 8.57. The summed E-state index contributed by atoms with van der Waals surface area (Å²) in [6.45, 7) is 4.65. The third-order valence-electron chi connectivity index (χ3n) is 4.13. The molecule has 2 heterocycles. The van der Waals surface area contributed by atoms with Crippen LogP contribution in [0.4, 0.5) is 0 Å². The molecule has 1 saturated carbocycles. The van der Waals surface area contributed by atoms with Crippen LogP contribution in [0.15, 0.2) is 11.4 Å². The van der Waals surface area contributed by atoms with Crippen LogP contribution in [0.5, 0.6) is 0 Å². The topological polar surface area (TPSA) is 38.2 Å². The zero-order valence-electron chi connectivity index (χ0n) is 12.4. The van der Waals surface area contributed by atoms with Gasteiger partial charge in [0, 0.05) is 25.1 Å². The molecule has 0 spiro atoms. The SMILES string of the molecule is COCCN(Cc1nc(Cl)c2ccsc2n1)C(C)C1CC1. The molecule has 0 aliphatic heterocycles. The van der Waals surface area contributed by atoms with Gasteiger partial charge in [-0.1, -0.05) is 11.6 Å². The van der Waals surface area contributed by atoms with E-state index in [-0.39, 0.29) is 0 Å². The number of halogens is 1. The van der Waals surface area contributed by atoms with Crippen molar-refractivity contribution in [2.75, 3.05) is 20.3 Å². The highest BCUT2D eigenvalue weighted by atomic mass is 35.5. The minimum atomic E-state index is 0.543. The number of nitrogens with zero attached hydrogens (tertiary/aromatic N) is 3. The van der Waals surface area contributed by atoms with Crippen molar-refractivity contribution in [3.63, 3.8) is 0 Å². The van der Waals surface area contributed by atoms with Crippen molar-refractivity contribution in [3.8, 4) is 0 Å². The fourth-order valence-corrected chi connectivity index (χ4v) is 3.71. The molecule has 0 bridgehead atoms. The second kappa shape index (κ2) is 6.57. The van der Waals surface area contributed by atoms with Crippen LogP contribution in [0.3, 0.4) is 0 Å². The Balaban J connectivity index is 1.78. The van der Waals surface area contributed by atoms with Crippen molar-refractivity contribution < 1.29 is 4.74 Å². The third kappa shape index (κ3) is 3.54. The predicted molar refractivity (Wildman–Crippen MR) is 86.9 cm³/mol. The maximum atomic E-state index is 6.26. The summed E-state index contributed by atoms with van der Waals surface area (Å²) in [6, 6.07) is 2.52. The molecule has 1 unspecified atom stereocenters. The summed E-state index contributed by atoms with van der Waals surface area (Å²) < 4.78 is 5.24. The van der Waals surface area contributed by atoms with Gasteiger partial charge in [-0.15, -0.1) is 11.3 Å². The monoisotopic (exact) mass is 325 g/mol. The summed E-state index contributed by atoms with van der Waals surface area (Å²) in [5, 5.41) is 3.51. The highest BCUT2D eigenvalue weighted by molar-refractivity contribution is 7.16. The average Bonchev–Trinajstić information content (AvgIpc) is 3.21. The molecule has 1 atom stereocenters. The first kappa shape index (κ1) is 15.2. The summed E-state index contributed by atoms with van der Waals surface area (Å²) in [7, 11) is 1.74. The molecule has 2 aromatic rings. The van der Waals surface area contributed by atoms with E-state index in [0.717, 1.165) is 41.7 Å². The fourth-order valence-electron chi connectivity index (χ4n) is 2.62. The molecule has 3 rings (SSSR count). The molecule has 0 aromatic carbocycles. The number of hydrogen-bond acceptors (Lipinski definition) is 5. The minimum Gasteiger partial charge on any atom is -0.383 e. The fraction of sp³-hybridized carbons (Fsp3) is 0.600. The van der Waals surface area contributed by atoms with E-state index < -0.39 is 0 Å². The summed E-state index contributed by atoms with van der Waals surface area (Å²) in [5.74, 6) is 1.61. The van der Waals surface area contributed by atoms with Gasteiger partial charge in [0.1, 0.15) is 15.8 Å². The van der Waals surface area contributed by atoms with E-state index in [1.165, 1.54) is 12.8 Å². The number of fused-ring (bicyclic) bond motifs is 1. The Morgan fingerprint density at radius 1 is 1.48 bits per heavy atom. The smallest absolute Gasteiger partial charge is 0.145 e. The van der Waals surface area contributed by atoms with Crippen LogP contribution in [-0.4, -0.2) is 41.2 Å². The molecule has 6 heteroatoms. The van der Waals surface area contributed by atoms with Gasteiger partial charge in [0.15, 0.2) is 0 Å². The molecule has 114 valence electrons. The maximum Gasteiger partial charge on any atom is 0.145 e. The van der Waals surface area contributed by atoms with Gasteiger partial charge in [-0.05, 0) is 37.1 Å². The first-order valence-electron chi connectivity index (χ1n) is 7.31. The molecule has 21 heavy (non-hydrogen) atoms. The van der Waals surface area contributed by atoms with E-state index in [9.17, 15) is 0 Å². The van der Waals surface area contributed by atoms with Crippen molar-refractivity contribution in [1.82, 2.24) is 14.9 Å². The van der Waals surface area contributed by atoms with Gasteiger partial charge in [0.05, 0.1) is 13.2 Å². The lowest BCUT2D eigenvalue weighted by Gasteiger charge is -2.28. The molecule has 0 N–H and O–H groups in total. The number of hydrogen-bond donors (Lipinski definition) is 0. The van der Waals surface area contributed by atoms with Crippen LogP contribution in [-0.2, 0) is 11.3 Å². The van der Waals surface area contributed by atoms with E-state index >= 15 is 0 Å². The summed E-state index contributed by atoms with van der Waals surface area (Å²) >= 11 is 7.87. The zero-order chi connectivity index (χ0) is 14.8. The van der Waals surface area contributed by atoms with Gasteiger partial charge in [0.25, 0.3) is 0 Å². The van der Waals surface area contributed by atoms with Crippen LogP contribution in [0.2, 0.25) is 5.15 Å². The molecule has 4 nitrogen and oxygen atoms in total. The molecule has 0 amide bonds. The van der Waals surface area contributed by atoms with Crippen molar-refractivity contribution in [2.24, 2.45) is 5.92 Å². The third-order valence-corrected chi connectivity index (χ3v) is 5.23. The van der Waals surface area contributed by atoms with Crippen LogP contribution >= 0.6 is 22.9 Å². The summed E-state index contributed by atoms with van der Waals surface area (Å²) in [4.78, 5) is 12.5. The van der Waals surface area contributed by atoms with Crippen LogP contribution in [0.25, 0.3) is 10.2 Å². The second-order valence-electron chi connectivity index (χ2n) is 5.61. The molecule has 1 aliphatic carbocycles. The van der Waals surface area contributed by atoms with Crippen LogP contribution in [0.1, 0.15) is 25.6 Å². The van der Waals surface area contributed by atoms with Gasteiger partial charge in [-0.25, -0.2) is 9.97 Å². The van der Waals surface area contributed by atoms with Gasteiger partial charge >= 0.3 is 0 Å². The molecular formula is C15H20ClN3OS. The largest absolute Gasteiger partial charge is 0.383 e. The first-order chi connectivity index (χ1) is 10.2. The van der Waals surface area contributed by atoms with E-state index in [0.29, 0.717) is 11.2 Å². The number of ether oxygens (including phenoxy) is 1. The predicted octanol–water partition coefficient (Wildman–Crippen LogP) is 3.59. The Kier molecular flexibility index (Phi) is 4.74. The Morgan fingerprint density at radius 2 is 2.29 bits per heavy atom. The number of aromatic nitrogens is 2. The Labute approximate surface area is 134 Å². The molecule has 0 radical (unpaired) electrons. The lowest BCUT2D eigenvalue weighted by atomic mass is 10.2. The van der Waals surface area contributed by atoms with E-state index in [4.69, 9.17) is 16.3 Å². The summed E-state index contributed by atoms with van der Waals surface area (Å²) in [5.41, 5.74) is 0. The minimum absolute atomic E-state index is 0.543. The van der Waals surface area contributed by atoms with Crippen molar-refractivity contribution >= 4 is 33.2 Å². The Morgan fingerprint density at radius 3 is 3.00 bits per heavy atom. The summed E-state index contributed by atoms with van der Waals surface area (Å²) in [6.07, 6.45) is 2.66. The van der Waals surface area contributed by atoms with Gasteiger partial charge in [-0.2, -0.15) is 0 Å². The van der Waals surface area contributed by atoms with Crippen LogP contribution < -0.4 is 0 Å². The van der Waals surface area contributed by atoms with Gasteiger partial charge in [-0.3, -0.25) is 4.90 Å². The standard InChI is InChI=1S/C15H20ClN3OS/c1-10(11-3-4-11)19(6-7-20-2)9-13-17-14(16)12-5-8-21-15(12)18-13/h5,8,10-11H,3-4,6-7,9H2,1-2H3. The average molecular weight is 326 g/mol. The van der Waals surface area contributed by atoms with Gasteiger partial charge < -0.3 is 4.74 Å². The van der Waals surface area contributed by atoms with E-state index in [2.05, 4.69) is 21.8 Å². The lowest BCUT2D eigenvalue weighted by Crippen LogP contribution is -2.37. The van der Waals surface area contributed by atoms with Crippen molar-refractivity contribution in [2.45, 2.75) is 32.4 Å². The second-order valence-corrected chi connectivity index (χ2v) is 6.86. The van der Waals surface area contributed by atoms with Crippen molar-refractivity contribution in [1.29, 1.82) is 0 Å². The highest BCUT2D eigenvalue weighted by Crippen LogP contribution is 2.35. The molecule has 1 aliphatic rings. The number of methoxy groups -OCH3 is 1.